The number of nitrogens with zero attached hydrogens (tertiary/aromatic N) is 2. The van der Waals surface area contributed by atoms with Crippen molar-refractivity contribution in [1.82, 2.24) is 9.80 Å². The monoisotopic (exact) mass is 408 g/mol. The van der Waals surface area contributed by atoms with E-state index in [0.29, 0.717) is 37.6 Å². The van der Waals surface area contributed by atoms with Crippen LogP contribution in [0.3, 0.4) is 0 Å². The molecule has 0 N–H and O–H groups in total. The second-order valence-corrected chi connectivity index (χ2v) is 8.45. The van der Waals surface area contributed by atoms with Gasteiger partial charge in [0.1, 0.15) is 24.7 Å². The zero-order valence-corrected chi connectivity index (χ0v) is 17.8. The number of ketones is 1. The number of amides is 1. The summed E-state index contributed by atoms with van der Waals surface area (Å²) in [5.74, 6) is 0.958. The zero-order valence-electron chi connectivity index (χ0n) is 17.8. The van der Waals surface area contributed by atoms with Gasteiger partial charge >= 0.3 is 0 Å². The number of benzene rings is 2. The van der Waals surface area contributed by atoms with Crippen molar-refractivity contribution >= 4 is 11.7 Å². The highest BCUT2D eigenvalue weighted by Gasteiger charge is 2.58. The molecule has 158 valence electrons. The number of para-hydroxylation sites is 1. The van der Waals surface area contributed by atoms with Crippen LogP contribution >= 0.6 is 0 Å². The summed E-state index contributed by atoms with van der Waals surface area (Å²) in [7, 11) is 3.47. The molecule has 0 radical (unpaired) electrons. The lowest BCUT2D eigenvalue weighted by molar-refractivity contribution is -0.135. The maximum absolute atomic E-state index is 13.5. The third-order valence-electron chi connectivity index (χ3n) is 6.12. The van der Waals surface area contributed by atoms with Gasteiger partial charge in [-0.15, -0.1) is 0 Å². The lowest BCUT2D eigenvalue weighted by atomic mass is 9.71. The highest BCUT2D eigenvalue weighted by atomic mass is 16.5. The maximum Gasteiger partial charge on any atom is 0.227 e. The molecule has 2 aromatic carbocycles. The van der Waals surface area contributed by atoms with Gasteiger partial charge in [0.2, 0.25) is 5.91 Å². The fourth-order valence-corrected chi connectivity index (χ4v) is 4.43. The average Bonchev–Trinajstić information content (AvgIpc) is 3.11. The molecule has 1 saturated heterocycles. The summed E-state index contributed by atoms with van der Waals surface area (Å²) in [6.07, 6.45) is 0. The summed E-state index contributed by atoms with van der Waals surface area (Å²) in [4.78, 5) is 30.3. The smallest absolute Gasteiger partial charge is 0.227 e. The van der Waals surface area contributed by atoms with Gasteiger partial charge in [-0.05, 0) is 31.2 Å². The summed E-state index contributed by atoms with van der Waals surface area (Å²) in [6.45, 7) is 4.40. The zero-order chi connectivity index (χ0) is 21.3. The predicted molar refractivity (Wildman–Crippen MR) is 114 cm³/mol. The van der Waals surface area contributed by atoms with E-state index in [2.05, 4.69) is 4.90 Å². The van der Waals surface area contributed by atoms with Gasteiger partial charge in [0.05, 0.1) is 16.9 Å². The number of Topliss-reactive ketones (excluding diaryl/α,β-unsaturated/α-hetero) is 1. The number of rotatable bonds is 5. The molecule has 0 unspecified atom stereocenters. The topological polar surface area (TPSA) is 59.1 Å². The Labute approximate surface area is 177 Å². The fraction of sp³-hybridized carbons (Fsp3) is 0.417. The van der Waals surface area contributed by atoms with E-state index in [1.165, 1.54) is 5.56 Å². The molecule has 2 aromatic rings. The highest BCUT2D eigenvalue weighted by Crippen LogP contribution is 2.45. The number of aryl methyl sites for hydroxylation is 1. The minimum Gasteiger partial charge on any atom is -0.492 e. The molecule has 4 rings (SSSR count). The van der Waals surface area contributed by atoms with E-state index in [1.54, 1.807) is 25.1 Å². The first-order valence-corrected chi connectivity index (χ1v) is 10.3. The van der Waals surface area contributed by atoms with Gasteiger partial charge in [0.15, 0.2) is 5.78 Å². The number of carbonyl (C=O) groups is 2. The fourth-order valence-electron chi connectivity index (χ4n) is 4.43. The molecule has 1 spiro atoms. The summed E-state index contributed by atoms with van der Waals surface area (Å²) in [5, 5.41) is 0. The summed E-state index contributed by atoms with van der Waals surface area (Å²) in [6, 6.07) is 15.2. The van der Waals surface area contributed by atoms with E-state index < -0.39 is 11.3 Å². The summed E-state index contributed by atoms with van der Waals surface area (Å²) < 4.78 is 11.8. The molecule has 2 aliphatic heterocycles. The second-order valence-electron chi connectivity index (χ2n) is 8.45. The quantitative estimate of drug-likeness (QED) is 0.761. The third-order valence-corrected chi connectivity index (χ3v) is 6.12. The van der Waals surface area contributed by atoms with Gasteiger partial charge in [-0.1, -0.05) is 29.8 Å². The van der Waals surface area contributed by atoms with Crippen LogP contribution in [-0.4, -0.2) is 68.4 Å². The Hall–Kier alpha value is -2.86. The minimum atomic E-state index is -0.862. The molecule has 0 saturated carbocycles. The van der Waals surface area contributed by atoms with Crippen LogP contribution in [0.4, 0.5) is 0 Å². The number of likely N-dealkylation sites (tertiary alicyclic amines) is 1. The van der Waals surface area contributed by atoms with Crippen LogP contribution in [0.25, 0.3) is 0 Å². The SMILES string of the molecule is Cc1ccc(OCCN2C[C@H](C(=O)N(C)C)[C@]3(COc4ccccc4C3=O)C2)cc1. The van der Waals surface area contributed by atoms with Gasteiger partial charge < -0.3 is 14.4 Å². The van der Waals surface area contributed by atoms with E-state index >= 15 is 0 Å². The number of ether oxygens (including phenoxy) is 2. The number of hydrogen-bond acceptors (Lipinski definition) is 5. The van der Waals surface area contributed by atoms with Crippen LogP contribution in [0, 0.1) is 18.3 Å². The van der Waals surface area contributed by atoms with Crippen molar-refractivity contribution in [3.8, 4) is 11.5 Å². The van der Waals surface area contributed by atoms with Crippen LogP contribution in [0.5, 0.6) is 11.5 Å². The van der Waals surface area contributed by atoms with Crippen molar-refractivity contribution in [2.45, 2.75) is 6.92 Å². The van der Waals surface area contributed by atoms with Crippen LogP contribution in [-0.2, 0) is 4.79 Å². The van der Waals surface area contributed by atoms with Gasteiger partial charge in [-0.3, -0.25) is 14.5 Å². The first kappa shape index (κ1) is 20.4. The molecule has 6 heteroatoms. The number of fused-ring (bicyclic) bond motifs is 1. The molecule has 2 aliphatic rings. The van der Waals surface area contributed by atoms with Crippen molar-refractivity contribution in [2.24, 2.45) is 11.3 Å². The summed E-state index contributed by atoms with van der Waals surface area (Å²) in [5.41, 5.74) is 0.891. The van der Waals surface area contributed by atoms with Crippen molar-refractivity contribution < 1.29 is 19.1 Å². The van der Waals surface area contributed by atoms with Crippen LogP contribution in [0.2, 0.25) is 0 Å². The van der Waals surface area contributed by atoms with Crippen molar-refractivity contribution in [2.75, 3.05) is 46.9 Å². The average molecular weight is 408 g/mol. The lowest BCUT2D eigenvalue weighted by Crippen LogP contribution is -2.51. The van der Waals surface area contributed by atoms with Crippen LogP contribution in [0.1, 0.15) is 15.9 Å². The normalized spacial score (nSPS) is 23.2. The maximum atomic E-state index is 13.5. The molecule has 30 heavy (non-hydrogen) atoms. The standard InChI is InChI=1S/C24H28N2O4/c1-17-8-10-18(11-9-17)29-13-12-26-14-20(23(28)25(2)3)24(15-26)16-30-21-7-5-4-6-19(21)22(24)27/h4-11,20H,12-16H2,1-3H3/t20-,24-/m1/s1. The highest BCUT2D eigenvalue weighted by molar-refractivity contribution is 6.06. The van der Waals surface area contributed by atoms with E-state index in [1.807, 2.05) is 49.4 Å². The molecule has 1 amide bonds. The van der Waals surface area contributed by atoms with E-state index in [9.17, 15) is 9.59 Å². The Balaban J connectivity index is 1.51. The van der Waals surface area contributed by atoms with Crippen LogP contribution < -0.4 is 9.47 Å². The molecule has 0 bridgehead atoms. The minimum absolute atomic E-state index is 0.00602. The molecule has 6 nitrogen and oxygen atoms in total. The van der Waals surface area contributed by atoms with Gasteiger partial charge in [0.25, 0.3) is 0 Å². The van der Waals surface area contributed by atoms with Gasteiger partial charge in [-0.25, -0.2) is 0 Å². The largest absolute Gasteiger partial charge is 0.492 e. The van der Waals surface area contributed by atoms with Crippen molar-refractivity contribution in [1.29, 1.82) is 0 Å². The van der Waals surface area contributed by atoms with Gasteiger partial charge in [0, 0.05) is 33.7 Å². The van der Waals surface area contributed by atoms with Crippen molar-refractivity contribution in [3.05, 3.63) is 59.7 Å². The molecule has 0 aliphatic carbocycles. The Morgan fingerprint density at radius 2 is 1.93 bits per heavy atom. The Morgan fingerprint density at radius 1 is 1.20 bits per heavy atom. The Kier molecular flexibility index (Phi) is 5.52. The van der Waals surface area contributed by atoms with E-state index in [4.69, 9.17) is 9.47 Å². The van der Waals surface area contributed by atoms with Crippen molar-refractivity contribution in [3.63, 3.8) is 0 Å². The molecule has 2 atom stereocenters. The third kappa shape index (κ3) is 3.67. The first-order valence-electron chi connectivity index (χ1n) is 10.3. The second kappa shape index (κ2) is 8.11. The Bertz CT molecular complexity index is 940. The molecular weight excluding hydrogens is 380 g/mol. The van der Waals surface area contributed by atoms with E-state index in [-0.39, 0.29) is 18.3 Å². The molecule has 0 aromatic heterocycles. The summed E-state index contributed by atoms with van der Waals surface area (Å²) >= 11 is 0. The van der Waals surface area contributed by atoms with Crippen LogP contribution in [0.15, 0.2) is 48.5 Å². The predicted octanol–water partition coefficient (Wildman–Crippen LogP) is 2.66. The molecule has 1 fully saturated rings. The molecular formula is C24H28N2O4. The number of carbonyl (C=O) groups excluding carboxylic acids is 2. The lowest BCUT2D eigenvalue weighted by Gasteiger charge is -2.37. The first-order chi connectivity index (χ1) is 14.4. The number of hydrogen-bond donors (Lipinski definition) is 0. The van der Waals surface area contributed by atoms with E-state index in [0.717, 1.165) is 5.75 Å². The van der Waals surface area contributed by atoms with Gasteiger partial charge in [-0.2, -0.15) is 0 Å². The molecule has 2 heterocycles. The Morgan fingerprint density at radius 3 is 2.67 bits per heavy atom.